The first-order valence-corrected chi connectivity index (χ1v) is 7.51. The number of aromatic nitrogens is 1. The zero-order chi connectivity index (χ0) is 18.5. The van der Waals surface area contributed by atoms with Crippen LogP contribution in [0.1, 0.15) is 38.8 Å². The van der Waals surface area contributed by atoms with Gasteiger partial charge in [-0.05, 0) is 31.0 Å². The highest BCUT2D eigenvalue weighted by Crippen LogP contribution is 2.30. The molecule has 2 aromatic rings. The predicted molar refractivity (Wildman–Crippen MR) is 92.0 cm³/mol. The molecule has 0 saturated heterocycles. The highest BCUT2D eigenvalue weighted by molar-refractivity contribution is 6.23. The second kappa shape index (κ2) is 5.59. The van der Waals surface area contributed by atoms with Crippen LogP contribution in [0.15, 0.2) is 23.0 Å². The van der Waals surface area contributed by atoms with E-state index in [2.05, 4.69) is 10.6 Å². The second-order valence-corrected chi connectivity index (χ2v) is 5.93. The van der Waals surface area contributed by atoms with E-state index in [9.17, 15) is 19.2 Å². The third-order valence-electron chi connectivity index (χ3n) is 3.95. The minimum Gasteiger partial charge on any atom is -0.384 e. The molecule has 4 N–H and O–H groups in total. The highest BCUT2D eigenvalue weighted by atomic mass is 16.2. The van der Waals surface area contributed by atoms with E-state index in [1.165, 1.54) is 6.92 Å². The Bertz CT molecular complexity index is 1020. The maximum atomic E-state index is 12.6. The standard InChI is InChI=1S/C17H16N4O4/c1-7-4-8(2)14(19-9(3)22)11(5-7)21-12(23)6-10-13(15(21)18)17(25)20-16(10)24/h4-6H,18H2,1-3H3,(H,19,22)(H,20,24,25). The number of imide groups is 1. The molecule has 0 fully saturated rings. The van der Waals surface area contributed by atoms with Crippen LogP contribution < -0.4 is 21.9 Å². The van der Waals surface area contributed by atoms with Crippen LogP contribution in [0.4, 0.5) is 11.5 Å². The molecule has 0 bridgehead atoms. The summed E-state index contributed by atoms with van der Waals surface area (Å²) in [6.45, 7) is 4.97. The Kier molecular flexibility index (Phi) is 3.67. The largest absolute Gasteiger partial charge is 0.384 e. The molecular formula is C17H16N4O4. The molecule has 3 rings (SSSR count). The first-order chi connectivity index (χ1) is 11.7. The summed E-state index contributed by atoms with van der Waals surface area (Å²) in [7, 11) is 0. The lowest BCUT2D eigenvalue weighted by molar-refractivity contribution is -0.114. The summed E-state index contributed by atoms with van der Waals surface area (Å²) in [5, 5.41) is 4.81. The molecule has 1 aromatic heterocycles. The third kappa shape index (κ3) is 2.57. The van der Waals surface area contributed by atoms with Gasteiger partial charge in [-0.25, -0.2) is 0 Å². The number of aryl methyl sites for hydroxylation is 2. The highest BCUT2D eigenvalue weighted by Gasteiger charge is 2.32. The van der Waals surface area contributed by atoms with Gasteiger partial charge >= 0.3 is 0 Å². The molecule has 0 saturated carbocycles. The number of nitrogens with one attached hydrogen (secondary N) is 2. The normalized spacial score (nSPS) is 12.8. The smallest absolute Gasteiger partial charge is 0.262 e. The van der Waals surface area contributed by atoms with Crippen molar-refractivity contribution < 1.29 is 14.4 Å². The van der Waals surface area contributed by atoms with Crippen molar-refractivity contribution in [3.8, 4) is 5.69 Å². The minimum absolute atomic E-state index is 0.0439. The van der Waals surface area contributed by atoms with Crippen molar-refractivity contribution in [3.63, 3.8) is 0 Å². The van der Waals surface area contributed by atoms with Gasteiger partial charge in [0.2, 0.25) is 5.91 Å². The van der Waals surface area contributed by atoms with Crippen LogP contribution in [0.25, 0.3) is 5.69 Å². The Hall–Kier alpha value is -3.42. The number of carbonyl (C=O) groups excluding carboxylic acids is 3. The summed E-state index contributed by atoms with van der Waals surface area (Å²) in [5.41, 5.74) is 7.72. The number of carbonyl (C=O) groups is 3. The molecule has 0 aliphatic carbocycles. The van der Waals surface area contributed by atoms with E-state index in [-0.39, 0.29) is 22.9 Å². The van der Waals surface area contributed by atoms with Crippen LogP contribution in [-0.2, 0) is 4.79 Å². The van der Waals surface area contributed by atoms with Crippen molar-refractivity contribution in [1.29, 1.82) is 0 Å². The molecule has 2 heterocycles. The van der Waals surface area contributed by atoms with E-state index >= 15 is 0 Å². The van der Waals surface area contributed by atoms with Crippen molar-refractivity contribution in [1.82, 2.24) is 9.88 Å². The molecule has 3 amide bonds. The van der Waals surface area contributed by atoms with Gasteiger partial charge in [0, 0.05) is 13.0 Å². The summed E-state index contributed by atoms with van der Waals surface area (Å²) in [4.78, 5) is 47.9. The molecule has 0 atom stereocenters. The second-order valence-electron chi connectivity index (χ2n) is 5.93. The SMILES string of the molecule is CC(=O)Nc1c(C)cc(C)cc1-n1c(N)c2c(cc1=O)C(=O)NC2=O. The Morgan fingerprint density at radius 2 is 1.80 bits per heavy atom. The van der Waals surface area contributed by atoms with Gasteiger partial charge in [-0.2, -0.15) is 0 Å². The zero-order valence-electron chi connectivity index (χ0n) is 13.9. The van der Waals surface area contributed by atoms with Gasteiger partial charge < -0.3 is 11.1 Å². The molecule has 8 nitrogen and oxygen atoms in total. The van der Waals surface area contributed by atoms with E-state index < -0.39 is 17.4 Å². The van der Waals surface area contributed by atoms with Gasteiger partial charge in [0.1, 0.15) is 5.82 Å². The molecule has 1 aliphatic heterocycles. The van der Waals surface area contributed by atoms with E-state index in [0.29, 0.717) is 11.4 Å². The van der Waals surface area contributed by atoms with Gasteiger partial charge in [0.05, 0.1) is 22.5 Å². The van der Waals surface area contributed by atoms with Crippen molar-refractivity contribution in [2.75, 3.05) is 11.1 Å². The average Bonchev–Trinajstić information content (AvgIpc) is 2.76. The van der Waals surface area contributed by atoms with Crippen LogP contribution in [-0.4, -0.2) is 22.3 Å². The average molecular weight is 340 g/mol. The molecule has 1 aromatic carbocycles. The van der Waals surface area contributed by atoms with Crippen molar-refractivity contribution in [2.45, 2.75) is 20.8 Å². The number of benzene rings is 1. The Morgan fingerprint density at radius 3 is 2.44 bits per heavy atom. The Morgan fingerprint density at radius 1 is 1.12 bits per heavy atom. The lowest BCUT2D eigenvalue weighted by atomic mass is 10.1. The number of hydrogen-bond acceptors (Lipinski definition) is 5. The fraction of sp³-hybridized carbons (Fsp3) is 0.176. The maximum Gasteiger partial charge on any atom is 0.262 e. The lowest BCUT2D eigenvalue weighted by Gasteiger charge is -2.18. The van der Waals surface area contributed by atoms with Crippen LogP contribution >= 0.6 is 0 Å². The van der Waals surface area contributed by atoms with Gasteiger partial charge in [-0.3, -0.25) is 29.1 Å². The van der Waals surface area contributed by atoms with Gasteiger partial charge in [0.25, 0.3) is 17.4 Å². The van der Waals surface area contributed by atoms with E-state index in [1.807, 2.05) is 13.0 Å². The number of rotatable bonds is 2. The molecule has 128 valence electrons. The molecular weight excluding hydrogens is 324 g/mol. The third-order valence-corrected chi connectivity index (χ3v) is 3.95. The minimum atomic E-state index is -0.656. The van der Waals surface area contributed by atoms with Crippen LogP contribution in [0.5, 0.6) is 0 Å². The van der Waals surface area contributed by atoms with E-state index in [4.69, 9.17) is 5.73 Å². The van der Waals surface area contributed by atoms with E-state index in [0.717, 1.165) is 21.8 Å². The lowest BCUT2D eigenvalue weighted by Crippen LogP contribution is -2.25. The van der Waals surface area contributed by atoms with Gasteiger partial charge in [-0.1, -0.05) is 6.07 Å². The Balaban J connectivity index is 2.37. The number of nitrogen functional groups attached to an aromatic ring is 1. The number of hydrogen-bond donors (Lipinski definition) is 3. The molecule has 8 heteroatoms. The number of nitrogens with two attached hydrogens (primary N) is 1. The summed E-state index contributed by atoms with van der Waals surface area (Å²) in [6.07, 6.45) is 0. The molecule has 1 aliphatic rings. The molecule has 25 heavy (non-hydrogen) atoms. The van der Waals surface area contributed by atoms with Crippen molar-refractivity contribution >= 4 is 29.2 Å². The fourth-order valence-corrected chi connectivity index (χ4v) is 2.99. The van der Waals surface area contributed by atoms with E-state index in [1.54, 1.807) is 13.0 Å². The number of fused-ring (bicyclic) bond motifs is 1. The first kappa shape index (κ1) is 16.4. The topological polar surface area (TPSA) is 123 Å². The van der Waals surface area contributed by atoms with Gasteiger partial charge in [-0.15, -0.1) is 0 Å². The maximum absolute atomic E-state index is 12.6. The first-order valence-electron chi connectivity index (χ1n) is 7.51. The van der Waals surface area contributed by atoms with Crippen LogP contribution in [0.2, 0.25) is 0 Å². The molecule has 0 spiro atoms. The summed E-state index contributed by atoms with van der Waals surface area (Å²) < 4.78 is 1.13. The summed E-state index contributed by atoms with van der Waals surface area (Å²) in [6, 6.07) is 4.60. The monoisotopic (exact) mass is 340 g/mol. The summed E-state index contributed by atoms with van der Waals surface area (Å²) >= 11 is 0. The number of nitrogens with zero attached hydrogens (tertiary/aromatic N) is 1. The summed E-state index contributed by atoms with van der Waals surface area (Å²) in [5.74, 6) is -1.77. The van der Waals surface area contributed by atoms with Crippen LogP contribution in [0.3, 0.4) is 0 Å². The molecule has 0 radical (unpaired) electrons. The predicted octanol–water partition coefficient (Wildman–Crippen LogP) is 0.879. The van der Waals surface area contributed by atoms with Crippen molar-refractivity contribution in [3.05, 3.63) is 50.8 Å². The number of amides is 3. The van der Waals surface area contributed by atoms with Gasteiger partial charge in [0.15, 0.2) is 0 Å². The van der Waals surface area contributed by atoms with Crippen molar-refractivity contribution in [2.24, 2.45) is 0 Å². The quantitative estimate of drug-likeness (QED) is 0.700. The Labute approximate surface area is 142 Å². The molecule has 0 unspecified atom stereocenters. The van der Waals surface area contributed by atoms with Crippen LogP contribution in [0, 0.1) is 13.8 Å². The zero-order valence-corrected chi connectivity index (χ0v) is 13.9. The number of pyridine rings is 1. The number of anilines is 2. The fourth-order valence-electron chi connectivity index (χ4n) is 2.99.